The summed E-state index contributed by atoms with van der Waals surface area (Å²) in [5, 5.41) is 25.9. The van der Waals surface area contributed by atoms with E-state index in [0.717, 1.165) is 22.2 Å². The number of hydrogen-bond donors (Lipinski definition) is 4. The van der Waals surface area contributed by atoms with Crippen molar-refractivity contribution in [2.75, 3.05) is 6.54 Å². The molecule has 0 saturated carbocycles. The van der Waals surface area contributed by atoms with E-state index in [0.29, 0.717) is 16.1 Å². The monoisotopic (exact) mass is 449 g/mol. The first-order valence-corrected chi connectivity index (χ1v) is 10.6. The Labute approximate surface area is 190 Å². The third-order valence-electron chi connectivity index (χ3n) is 5.52. The molecule has 0 saturated heterocycles. The Morgan fingerprint density at radius 3 is 2.25 bits per heavy atom. The van der Waals surface area contributed by atoms with Gasteiger partial charge in [0, 0.05) is 22.8 Å². The van der Waals surface area contributed by atoms with Gasteiger partial charge in [-0.3, -0.25) is 4.79 Å². The van der Waals surface area contributed by atoms with E-state index in [4.69, 9.17) is 11.6 Å². The maximum absolute atomic E-state index is 12.3. The Balaban J connectivity index is 1.71. The zero-order valence-electron chi connectivity index (χ0n) is 17.8. The molecular formula is C25H24ClN3O3. The Kier molecular flexibility index (Phi) is 5.77. The fourth-order valence-corrected chi connectivity index (χ4v) is 3.79. The molecule has 7 heteroatoms. The molecule has 2 heterocycles. The van der Waals surface area contributed by atoms with Crippen LogP contribution in [-0.2, 0) is 10.4 Å². The number of pyridine rings is 1. The summed E-state index contributed by atoms with van der Waals surface area (Å²) < 4.78 is 0. The molecule has 0 fully saturated rings. The molecule has 0 spiro atoms. The number of halogens is 1. The average Bonchev–Trinajstić information content (AvgIpc) is 3.26. The van der Waals surface area contributed by atoms with Crippen molar-refractivity contribution in [3.8, 4) is 11.1 Å². The number of benzene rings is 2. The molecule has 164 valence electrons. The maximum Gasteiger partial charge on any atom is 0.251 e. The number of aliphatic hydroxyl groups is 2. The van der Waals surface area contributed by atoms with Crippen LogP contribution in [0.3, 0.4) is 0 Å². The first-order valence-electron chi connectivity index (χ1n) is 10.2. The van der Waals surface area contributed by atoms with Crippen LogP contribution in [0.5, 0.6) is 0 Å². The van der Waals surface area contributed by atoms with Crippen molar-refractivity contribution < 1.29 is 15.0 Å². The standard InChI is InChI=1S/C25H24ClN3O3/c1-24(2,31)23(30)29-15-25(32,18-7-9-19(26)10-8-18)17-5-3-16(4-6-17)20-11-13-27-22-21(20)12-14-28-22/h3-14,31-32H,15H2,1-2H3,(H,27,28)(H,29,30). The summed E-state index contributed by atoms with van der Waals surface area (Å²) in [7, 11) is 0. The van der Waals surface area contributed by atoms with Crippen LogP contribution in [0.1, 0.15) is 25.0 Å². The van der Waals surface area contributed by atoms with Gasteiger partial charge in [-0.05, 0) is 60.4 Å². The SMILES string of the molecule is CC(C)(O)C(=O)NCC(O)(c1ccc(Cl)cc1)c1ccc(-c2ccnc3[nH]ccc23)cc1. The van der Waals surface area contributed by atoms with Crippen LogP contribution in [0.2, 0.25) is 5.02 Å². The van der Waals surface area contributed by atoms with E-state index >= 15 is 0 Å². The minimum Gasteiger partial charge on any atom is -0.381 e. The van der Waals surface area contributed by atoms with E-state index in [1.54, 1.807) is 30.5 Å². The van der Waals surface area contributed by atoms with Crippen LogP contribution < -0.4 is 5.32 Å². The number of carbonyl (C=O) groups excluding carboxylic acids is 1. The minimum absolute atomic E-state index is 0.117. The summed E-state index contributed by atoms with van der Waals surface area (Å²) in [4.78, 5) is 19.7. The zero-order valence-corrected chi connectivity index (χ0v) is 18.5. The van der Waals surface area contributed by atoms with Gasteiger partial charge >= 0.3 is 0 Å². The van der Waals surface area contributed by atoms with E-state index < -0.39 is 17.1 Å². The van der Waals surface area contributed by atoms with Crippen molar-refractivity contribution in [1.29, 1.82) is 0 Å². The number of amides is 1. The lowest BCUT2D eigenvalue weighted by molar-refractivity contribution is -0.137. The van der Waals surface area contributed by atoms with E-state index in [1.165, 1.54) is 13.8 Å². The van der Waals surface area contributed by atoms with Crippen molar-refractivity contribution in [3.05, 3.63) is 89.2 Å². The second-order valence-electron chi connectivity index (χ2n) is 8.28. The van der Waals surface area contributed by atoms with Gasteiger partial charge < -0.3 is 20.5 Å². The summed E-state index contributed by atoms with van der Waals surface area (Å²) in [5.74, 6) is -0.576. The third kappa shape index (κ3) is 4.25. The highest BCUT2D eigenvalue weighted by atomic mass is 35.5. The molecule has 4 rings (SSSR count). The number of nitrogens with zero attached hydrogens (tertiary/aromatic N) is 1. The second-order valence-corrected chi connectivity index (χ2v) is 8.72. The molecule has 4 aromatic rings. The highest BCUT2D eigenvalue weighted by molar-refractivity contribution is 6.30. The quantitative estimate of drug-likeness (QED) is 0.357. The number of carbonyl (C=O) groups is 1. The molecule has 1 amide bonds. The predicted molar refractivity (Wildman–Crippen MR) is 125 cm³/mol. The Morgan fingerprint density at radius 1 is 1.00 bits per heavy atom. The Hall–Kier alpha value is -3.19. The van der Waals surface area contributed by atoms with Crippen molar-refractivity contribution in [2.24, 2.45) is 0 Å². The molecule has 4 N–H and O–H groups in total. The van der Waals surface area contributed by atoms with Crippen LogP contribution in [0.15, 0.2) is 73.1 Å². The van der Waals surface area contributed by atoms with Gasteiger partial charge in [-0.1, -0.05) is 48.0 Å². The molecule has 0 bridgehead atoms. The number of fused-ring (bicyclic) bond motifs is 1. The lowest BCUT2D eigenvalue weighted by Gasteiger charge is -2.31. The van der Waals surface area contributed by atoms with Crippen molar-refractivity contribution >= 4 is 28.5 Å². The number of aromatic amines is 1. The number of nitrogens with one attached hydrogen (secondary N) is 2. The highest BCUT2D eigenvalue weighted by Crippen LogP contribution is 2.33. The molecule has 1 unspecified atom stereocenters. The number of rotatable bonds is 6. The summed E-state index contributed by atoms with van der Waals surface area (Å²) in [5.41, 5.74) is 0.882. The van der Waals surface area contributed by atoms with Crippen LogP contribution in [0.25, 0.3) is 22.2 Å². The Bertz CT molecular complexity index is 1240. The zero-order chi connectivity index (χ0) is 22.9. The maximum atomic E-state index is 12.3. The van der Waals surface area contributed by atoms with E-state index in [9.17, 15) is 15.0 Å². The predicted octanol–water partition coefficient (Wildman–Crippen LogP) is 4.01. The van der Waals surface area contributed by atoms with Gasteiger partial charge in [0.2, 0.25) is 0 Å². The van der Waals surface area contributed by atoms with Gasteiger partial charge in [0.05, 0.1) is 6.54 Å². The van der Waals surface area contributed by atoms with Crippen LogP contribution in [-0.4, -0.2) is 38.2 Å². The molecule has 6 nitrogen and oxygen atoms in total. The second kappa shape index (κ2) is 8.39. The van der Waals surface area contributed by atoms with Gasteiger partial charge in [-0.25, -0.2) is 4.98 Å². The molecule has 2 aromatic heterocycles. The van der Waals surface area contributed by atoms with E-state index in [2.05, 4.69) is 15.3 Å². The minimum atomic E-state index is -1.56. The molecule has 0 aliphatic carbocycles. The van der Waals surface area contributed by atoms with Crippen molar-refractivity contribution in [3.63, 3.8) is 0 Å². The summed E-state index contributed by atoms with van der Waals surface area (Å²) in [6.45, 7) is 2.68. The number of hydrogen-bond acceptors (Lipinski definition) is 4. The topological polar surface area (TPSA) is 98.2 Å². The molecule has 32 heavy (non-hydrogen) atoms. The van der Waals surface area contributed by atoms with Crippen molar-refractivity contribution in [2.45, 2.75) is 25.0 Å². The van der Waals surface area contributed by atoms with E-state index in [1.807, 2.05) is 42.6 Å². The van der Waals surface area contributed by atoms with Gasteiger partial charge in [-0.15, -0.1) is 0 Å². The van der Waals surface area contributed by atoms with E-state index in [-0.39, 0.29) is 6.54 Å². The number of H-pyrrole nitrogens is 1. The normalized spacial score (nSPS) is 13.7. The molecule has 0 aliphatic rings. The molecule has 1 atom stereocenters. The van der Waals surface area contributed by atoms with Crippen molar-refractivity contribution in [1.82, 2.24) is 15.3 Å². The van der Waals surface area contributed by atoms with Crippen LogP contribution in [0, 0.1) is 0 Å². The highest BCUT2D eigenvalue weighted by Gasteiger charge is 2.34. The molecule has 2 aromatic carbocycles. The summed E-state index contributed by atoms with van der Waals surface area (Å²) in [6.07, 6.45) is 3.60. The smallest absolute Gasteiger partial charge is 0.251 e. The van der Waals surface area contributed by atoms with Crippen LogP contribution >= 0.6 is 11.6 Å². The summed E-state index contributed by atoms with van der Waals surface area (Å²) >= 11 is 6.03. The van der Waals surface area contributed by atoms with Gasteiger partial charge in [0.1, 0.15) is 16.8 Å². The summed E-state index contributed by atoms with van der Waals surface area (Å²) in [6, 6.07) is 18.3. The molecule has 0 aliphatic heterocycles. The van der Waals surface area contributed by atoms with Crippen LogP contribution in [0.4, 0.5) is 0 Å². The molecular weight excluding hydrogens is 426 g/mol. The lowest BCUT2D eigenvalue weighted by Crippen LogP contribution is -2.48. The third-order valence-corrected chi connectivity index (χ3v) is 5.77. The fourth-order valence-electron chi connectivity index (χ4n) is 3.66. The average molecular weight is 450 g/mol. The number of aromatic nitrogens is 2. The fraction of sp³-hybridized carbons (Fsp3) is 0.200. The Morgan fingerprint density at radius 2 is 1.62 bits per heavy atom. The van der Waals surface area contributed by atoms with Gasteiger partial charge in [-0.2, -0.15) is 0 Å². The largest absolute Gasteiger partial charge is 0.381 e. The lowest BCUT2D eigenvalue weighted by atomic mass is 9.85. The first-order chi connectivity index (χ1) is 15.2. The van der Waals surface area contributed by atoms with Gasteiger partial charge in [0.25, 0.3) is 5.91 Å². The van der Waals surface area contributed by atoms with Gasteiger partial charge in [0.15, 0.2) is 0 Å². The molecule has 0 radical (unpaired) electrons. The first kappa shape index (κ1) is 22.0.